The normalized spacial score (nSPS) is 11.1. The summed E-state index contributed by atoms with van der Waals surface area (Å²) in [6.07, 6.45) is 1.45. The number of benzene rings is 4. The Morgan fingerprint density at radius 3 is 1.90 bits per heavy atom. The molecule has 0 fully saturated rings. The maximum Gasteiger partial charge on any atom is 0.271 e. The molecule has 4 aromatic carbocycles. The van der Waals surface area contributed by atoms with E-state index in [0.29, 0.717) is 11.1 Å². The van der Waals surface area contributed by atoms with Crippen LogP contribution in [0.4, 0.5) is 5.69 Å². The van der Waals surface area contributed by atoms with E-state index < -0.39 is 0 Å². The number of hydrogen-bond acceptors (Lipinski definition) is 4. The van der Waals surface area contributed by atoms with Gasteiger partial charge in [0.1, 0.15) is 5.75 Å². The fourth-order valence-corrected chi connectivity index (χ4v) is 4.80. The van der Waals surface area contributed by atoms with Crippen molar-refractivity contribution in [2.45, 2.75) is 13.8 Å². The minimum Gasteiger partial charge on any atom is -0.507 e. The summed E-state index contributed by atoms with van der Waals surface area (Å²) in [5, 5.41) is 14.5. The molecule has 0 unspecified atom stereocenters. The number of carbonyl (C=O) groups is 1. The van der Waals surface area contributed by atoms with E-state index in [1.807, 2.05) is 54.6 Å². The van der Waals surface area contributed by atoms with Crippen LogP contribution in [0.15, 0.2) is 120 Å². The van der Waals surface area contributed by atoms with E-state index in [0.717, 1.165) is 47.0 Å². The number of phenols is 1. The Bertz CT molecular complexity index is 1550. The van der Waals surface area contributed by atoms with Crippen LogP contribution in [0.2, 0.25) is 0 Å². The van der Waals surface area contributed by atoms with Gasteiger partial charge in [-0.15, -0.1) is 0 Å². The van der Waals surface area contributed by atoms with Gasteiger partial charge < -0.3 is 14.6 Å². The Morgan fingerprint density at radius 1 is 0.800 bits per heavy atom. The third-order valence-electron chi connectivity index (χ3n) is 6.92. The Morgan fingerprint density at radius 2 is 1.38 bits per heavy atom. The molecule has 0 aliphatic heterocycles. The molecule has 40 heavy (non-hydrogen) atoms. The van der Waals surface area contributed by atoms with Crippen LogP contribution in [0.5, 0.6) is 5.75 Å². The Hall–Kier alpha value is -5.10. The molecule has 0 saturated carbocycles. The monoisotopic (exact) mass is 528 g/mol. The number of phenolic OH excluding ortho intramolecular Hbond substituents is 1. The summed E-state index contributed by atoms with van der Waals surface area (Å²) >= 11 is 0. The summed E-state index contributed by atoms with van der Waals surface area (Å²) in [4.78, 5) is 15.0. The predicted octanol–water partition coefficient (Wildman–Crippen LogP) is 7.13. The Kier molecular flexibility index (Phi) is 8.07. The van der Waals surface area contributed by atoms with Crippen molar-refractivity contribution in [2.75, 3.05) is 18.0 Å². The summed E-state index contributed by atoms with van der Waals surface area (Å²) in [5.41, 5.74) is 9.80. The average molecular weight is 529 g/mol. The van der Waals surface area contributed by atoms with Crippen molar-refractivity contribution in [1.82, 2.24) is 9.99 Å². The van der Waals surface area contributed by atoms with E-state index in [1.165, 1.54) is 6.21 Å². The van der Waals surface area contributed by atoms with Crippen molar-refractivity contribution in [3.8, 4) is 34.0 Å². The second kappa shape index (κ2) is 12.2. The molecule has 5 aromatic rings. The number of hydrogen-bond donors (Lipinski definition) is 2. The minimum absolute atomic E-state index is 0.113. The van der Waals surface area contributed by atoms with Crippen LogP contribution in [0.1, 0.15) is 29.8 Å². The van der Waals surface area contributed by atoms with Crippen LogP contribution in [0.3, 0.4) is 0 Å². The van der Waals surface area contributed by atoms with Crippen LogP contribution in [0, 0.1) is 0 Å². The number of carbonyl (C=O) groups excluding carboxylic acids is 1. The maximum absolute atomic E-state index is 12.8. The van der Waals surface area contributed by atoms with Crippen LogP contribution >= 0.6 is 0 Å². The molecule has 5 rings (SSSR count). The molecule has 1 heterocycles. The first-order valence-electron chi connectivity index (χ1n) is 13.4. The Labute approximate surface area is 234 Å². The molecule has 0 atom stereocenters. The van der Waals surface area contributed by atoms with Crippen molar-refractivity contribution in [1.29, 1.82) is 0 Å². The third kappa shape index (κ3) is 5.66. The van der Waals surface area contributed by atoms with Crippen molar-refractivity contribution in [3.63, 3.8) is 0 Å². The summed E-state index contributed by atoms with van der Waals surface area (Å²) in [6, 6.07) is 37.6. The highest BCUT2D eigenvalue weighted by atomic mass is 16.3. The minimum atomic E-state index is -0.332. The molecule has 2 N–H and O–H groups in total. The zero-order valence-corrected chi connectivity index (χ0v) is 22.7. The van der Waals surface area contributed by atoms with Gasteiger partial charge in [0.2, 0.25) is 0 Å². The highest BCUT2D eigenvalue weighted by Crippen LogP contribution is 2.32. The van der Waals surface area contributed by atoms with Crippen molar-refractivity contribution >= 4 is 17.8 Å². The van der Waals surface area contributed by atoms with Crippen LogP contribution in [-0.4, -0.2) is 34.9 Å². The van der Waals surface area contributed by atoms with Gasteiger partial charge in [0, 0.05) is 41.7 Å². The molecule has 200 valence electrons. The number of anilines is 1. The molecule has 1 aromatic heterocycles. The van der Waals surface area contributed by atoms with Crippen LogP contribution < -0.4 is 10.3 Å². The number of hydrazone groups is 1. The van der Waals surface area contributed by atoms with Gasteiger partial charge >= 0.3 is 0 Å². The van der Waals surface area contributed by atoms with Gasteiger partial charge in [0.05, 0.1) is 17.6 Å². The van der Waals surface area contributed by atoms with Gasteiger partial charge in [-0.1, -0.05) is 60.7 Å². The molecule has 6 heteroatoms. The first kappa shape index (κ1) is 26.5. The number of nitrogens with zero attached hydrogens (tertiary/aromatic N) is 3. The first-order chi connectivity index (χ1) is 19.6. The summed E-state index contributed by atoms with van der Waals surface area (Å²) in [7, 11) is 0. The molecule has 0 bridgehead atoms. The second-order valence-corrected chi connectivity index (χ2v) is 9.33. The lowest BCUT2D eigenvalue weighted by molar-refractivity contribution is 0.0955. The number of aromatic hydroxyl groups is 1. The highest BCUT2D eigenvalue weighted by molar-refractivity contribution is 5.95. The van der Waals surface area contributed by atoms with E-state index in [2.05, 4.69) is 70.2 Å². The zero-order valence-electron chi connectivity index (χ0n) is 22.7. The van der Waals surface area contributed by atoms with Gasteiger partial charge in [-0.05, 0) is 73.5 Å². The lowest BCUT2D eigenvalue weighted by Crippen LogP contribution is -2.21. The third-order valence-corrected chi connectivity index (χ3v) is 6.92. The lowest BCUT2D eigenvalue weighted by Gasteiger charge is -2.21. The van der Waals surface area contributed by atoms with Gasteiger partial charge in [-0.2, -0.15) is 5.10 Å². The Balaban J connectivity index is 1.36. The van der Waals surface area contributed by atoms with Crippen molar-refractivity contribution in [2.24, 2.45) is 5.10 Å². The van der Waals surface area contributed by atoms with Gasteiger partial charge in [-0.25, -0.2) is 5.43 Å². The van der Waals surface area contributed by atoms with Crippen molar-refractivity contribution < 1.29 is 9.90 Å². The zero-order chi connectivity index (χ0) is 27.9. The highest BCUT2D eigenvalue weighted by Gasteiger charge is 2.14. The predicted molar refractivity (Wildman–Crippen MR) is 163 cm³/mol. The fraction of sp³-hybridized carbons (Fsp3) is 0.118. The van der Waals surface area contributed by atoms with E-state index in [9.17, 15) is 9.90 Å². The molecule has 0 spiro atoms. The average Bonchev–Trinajstić information content (AvgIpc) is 3.45. The van der Waals surface area contributed by atoms with Gasteiger partial charge in [0.25, 0.3) is 5.91 Å². The topological polar surface area (TPSA) is 69.9 Å². The number of amides is 1. The number of aromatic nitrogens is 1. The molecule has 0 aliphatic carbocycles. The largest absolute Gasteiger partial charge is 0.507 e. The molecule has 1 amide bonds. The first-order valence-corrected chi connectivity index (χ1v) is 13.4. The lowest BCUT2D eigenvalue weighted by atomic mass is 10.1. The molecule has 0 radical (unpaired) electrons. The molecule has 0 aliphatic rings. The molecule has 0 saturated heterocycles. The second-order valence-electron chi connectivity index (χ2n) is 9.33. The smallest absolute Gasteiger partial charge is 0.271 e. The van der Waals surface area contributed by atoms with Gasteiger partial charge in [-0.3, -0.25) is 4.79 Å². The fourth-order valence-electron chi connectivity index (χ4n) is 4.80. The number of rotatable bonds is 9. The number of nitrogens with one attached hydrogen (secondary N) is 1. The van der Waals surface area contributed by atoms with E-state index in [-0.39, 0.29) is 11.7 Å². The maximum atomic E-state index is 12.8. The summed E-state index contributed by atoms with van der Waals surface area (Å²) in [6.45, 7) is 5.84. The molecular formula is C34H32N4O2. The molecular weight excluding hydrogens is 496 g/mol. The quantitative estimate of drug-likeness (QED) is 0.158. The van der Waals surface area contributed by atoms with Crippen LogP contribution in [0.25, 0.3) is 28.2 Å². The summed E-state index contributed by atoms with van der Waals surface area (Å²) < 4.78 is 2.20. The molecule has 6 nitrogen and oxygen atoms in total. The van der Waals surface area contributed by atoms with E-state index in [4.69, 9.17) is 0 Å². The standard InChI is InChI=1S/C34H32N4O2/c1-3-37(4-2)30-20-17-28(33(39)23-30)24-35-36-34(40)27-15-18-29(19-16-27)38-31(25-11-7-5-8-12-25)21-22-32(38)26-13-9-6-10-14-26/h5-24,39H,3-4H2,1-2H3,(H,36,40). The van der Waals surface area contributed by atoms with Crippen LogP contribution in [-0.2, 0) is 0 Å². The van der Waals surface area contributed by atoms with Crippen molar-refractivity contribution in [3.05, 3.63) is 126 Å². The SMILES string of the molecule is CCN(CC)c1ccc(C=NNC(=O)c2ccc(-n3c(-c4ccccc4)ccc3-c3ccccc3)cc2)c(O)c1. The van der Waals surface area contributed by atoms with E-state index in [1.54, 1.807) is 24.3 Å². The van der Waals surface area contributed by atoms with E-state index >= 15 is 0 Å². The van der Waals surface area contributed by atoms with Gasteiger partial charge in [0.15, 0.2) is 0 Å². The summed E-state index contributed by atoms with van der Waals surface area (Å²) in [5.74, 6) is -0.219.